The first-order valence-electron chi connectivity index (χ1n) is 7.35. The minimum Gasteiger partial charge on any atom is -0.452 e. The molecule has 0 aromatic heterocycles. The number of cyclic esters (lactones) is 1. The average molecular weight is 266 g/mol. The summed E-state index contributed by atoms with van der Waals surface area (Å²) in [6.07, 6.45) is 8.51. The molecule has 1 rings (SSSR count). The quantitative estimate of drug-likeness (QED) is 0.497. The Hall–Kier alpha value is -1.01. The van der Waals surface area contributed by atoms with Gasteiger partial charge in [-0.2, -0.15) is 0 Å². The highest BCUT2D eigenvalue weighted by Crippen LogP contribution is 2.19. The van der Waals surface area contributed by atoms with Crippen LogP contribution in [-0.4, -0.2) is 24.8 Å². The first kappa shape index (κ1) is 16.0. The zero-order valence-electron chi connectivity index (χ0n) is 12.3. The molecule has 3 heteroatoms. The van der Waals surface area contributed by atoms with Crippen molar-refractivity contribution in [2.24, 2.45) is 0 Å². The van der Waals surface area contributed by atoms with Crippen LogP contribution in [0.5, 0.6) is 0 Å². The van der Waals surface area contributed by atoms with E-state index in [0.29, 0.717) is 13.0 Å². The Morgan fingerprint density at radius 2 is 1.58 bits per heavy atom. The molecule has 0 saturated heterocycles. The number of esters is 1. The summed E-state index contributed by atoms with van der Waals surface area (Å²) in [6.45, 7) is 4.81. The number of hydrogen-bond acceptors (Lipinski definition) is 3. The van der Waals surface area contributed by atoms with Crippen molar-refractivity contribution in [3.8, 4) is 11.8 Å². The largest absolute Gasteiger partial charge is 0.452 e. The van der Waals surface area contributed by atoms with E-state index in [2.05, 4.69) is 25.7 Å². The molecule has 0 saturated carbocycles. The van der Waals surface area contributed by atoms with E-state index in [1.165, 1.54) is 25.7 Å². The van der Waals surface area contributed by atoms with Gasteiger partial charge in [-0.05, 0) is 26.7 Å². The Labute approximate surface area is 117 Å². The van der Waals surface area contributed by atoms with Crippen molar-refractivity contribution < 1.29 is 14.3 Å². The molecular weight excluding hydrogens is 240 g/mol. The van der Waals surface area contributed by atoms with Gasteiger partial charge in [-0.1, -0.05) is 43.9 Å². The molecule has 0 fully saturated rings. The summed E-state index contributed by atoms with van der Waals surface area (Å²) in [5.41, 5.74) is -0.109. The van der Waals surface area contributed by atoms with E-state index in [1.807, 2.05) is 0 Å². The molecule has 0 amide bonds. The molecule has 19 heavy (non-hydrogen) atoms. The normalized spacial score (nSPS) is 22.9. The van der Waals surface area contributed by atoms with Gasteiger partial charge < -0.3 is 9.47 Å². The zero-order valence-corrected chi connectivity index (χ0v) is 12.3. The molecule has 3 nitrogen and oxygen atoms in total. The predicted molar refractivity (Wildman–Crippen MR) is 75.7 cm³/mol. The van der Waals surface area contributed by atoms with E-state index in [9.17, 15) is 4.79 Å². The van der Waals surface area contributed by atoms with Gasteiger partial charge in [0.05, 0.1) is 5.60 Å². The molecule has 0 atom stereocenters. The highest BCUT2D eigenvalue weighted by Gasteiger charge is 2.16. The zero-order chi connectivity index (χ0) is 14.0. The number of rotatable bonds is 0. The third-order valence-corrected chi connectivity index (χ3v) is 3.38. The van der Waals surface area contributed by atoms with Gasteiger partial charge in [0.1, 0.15) is 6.61 Å². The van der Waals surface area contributed by atoms with Gasteiger partial charge in [-0.3, -0.25) is 4.79 Å². The molecule has 0 aliphatic carbocycles. The molecule has 1 heterocycles. The van der Waals surface area contributed by atoms with Crippen LogP contribution in [0.4, 0.5) is 0 Å². The molecule has 0 aromatic carbocycles. The lowest BCUT2D eigenvalue weighted by Crippen LogP contribution is -2.24. The molecule has 1 aliphatic rings. The standard InChI is InChI=1S/C16H26O3/c1-16(2)12-8-6-4-3-5-7-11-15(17)18-13-9-10-14-19-16/h3-8,11-14H2,1-2H3. The number of carbonyl (C=O) groups is 1. The van der Waals surface area contributed by atoms with Crippen molar-refractivity contribution in [1.82, 2.24) is 0 Å². The maximum Gasteiger partial charge on any atom is 0.306 e. The van der Waals surface area contributed by atoms with Crippen LogP contribution in [0.1, 0.15) is 65.2 Å². The van der Waals surface area contributed by atoms with E-state index in [0.717, 1.165) is 19.3 Å². The van der Waals surface area contributed by atoms with Gasteiger partial charge in [0.2, 0.25) is 0 Å². The fraction of sp³-hybridized carbons (Fsp3) is 0.812. The smallest absolute Gasteiger partial charge is 0.306 e. The fourth-order valence-electron chi connectivity index (χ4n) is 2.12. The summed E-state index contributed by atoms with van der Waals surface area (Å²) in [7, 11) is 0. The molecular formula is C16H26O3. The Kier molecular flexibility index (Phi) is 7.59. The lowest BCUT2D eigenvalue weighted by atomic mass is 9.99. The SMILES string of the molecule is CC1(C)CCCCCCCCC(=O)OCC#CCO1. The maximum absolute atomic E-state index is 11.4. The maximum atomic E-state index is 11.4. The fourth-order valence-corrected chi connectivity index (χ4v) is 2.12. The minimum absolute atomic E-state index is 0.109. The van der Waals surface area contributed by atoms with Gasteiger partial charge in [0.15, 0.2) is 6.61 Å². The van der Waals surface area contributed by atoms with E-state index < -0.39 is 0 Å². The molecule has 108 valence electrons. The summed E-state index contributed by atoms with van der Waals surface area (Å²) in [5.74, 6) is 5.57. The highest BCUT2D eigenvalue weighted by atomic mass is 16.5. The minimum atomic E-state index is -0.136. The number of hydrogen-bond donors (Lipinski definition) is 0. The molecule has 0 N–H and O–H groups in total. The van der Waals surface area contributed by atoms with Gasteiger partial charge in [0, 0.05) is 6.42 Å². The van der Waals surface area contributed by atoms with E-state index in [4.69, 9.17) is 9.47 Å². The number of carbonyl (C=O) groups excluding carboxylic acids is 1. The van der Waals surface area contributed by atoms with Crippen LogP contribution < -0.4 is 0 Å². The monoisotopic (exact) mass is 266 g/mol. The Morgan fingerprint density at radius 1 is 0.947 bits per heavy atom. The van der Waals surface area contributed by atoms with Gasteiger partial charge >= 0.3 is 5.97 Å². The van der Waals surface area contributed by atoms with Gasteiger partial charge in [-0.25, -0.2) is 0 Å². The van der Waals surface area contributed by atoms with Gasteiger partial charge in [0.25, 0.3) is 0 Å². The molecule has 0 bridgehead atoms. The first-order chi connectivity index (χ1) is 9.10. The second-order valence-corrected chi connectivity index (χ2v) is 5.68. The predicted octanol–water partition coefficient (Wildman–Crippen LogP) is 3.46. The molecule has 0 radical (unpaired) electrons. The van der Waals surface area contributed by atoms with Crippen molar-refractivity contribution in [2.75, 3.05) is 13.2 Å². The van der Waals surface area contributed by atoms with E-state index >= 15 is 0 Å². The lowest BCUT2D eigenvalue weighted by Gasteiger charge is -2.24. The van der Waals surface area contributed by atoms with Crippen LogP contribution in [0.15, 0.2) is 0 Å². The second-order valence-electron chi connectivity index (χ2n) is 5.68. The first-order valence-corrected chi connectivity index (χ1v) is 7.35. The van der Waals surface area contributed by atoms with Crippen LogP contribution in [0, 0.1) is 11.8 Å². The summed E-state index contributed by atoms with van der Waals surface area (Å²) < 4.78 is 10.8. The van der Waals surface area contributed by atoms with Crippen molar-refractivity contribution in [2.45, 2.75) is 70.8 Å². The topological polar surface area (TPSA) is 35.5 Å². The molecule has 0 spiro atoms. The van der Waals surface area contributed by atoms with Crippen molar-refractivity contribution >= 4 is 5.97 Å². The molecule has 1 aliphatic heterocycles. The van der Waals surface area contributed by atoms with Crippen molar-refractivity contribution in [3.63, 3.8) is 0 Å². The third kappa shape index (κ3) is 8.67. The summed E-state index contributed by atoms with van der Waals surface area (Å²) in [5, 5.41) is 0. The Balaban J connectivity index is 2.40. The lowest BCUT2D eigenvalue weighted by molar-refractivity contribution is -0.142. The molecule has 0 aromatic rings. The molecule has 0 unspecified atom stereocenters. The second kappa shape index (κ2) is 8.98. The van der Waals surface area contributed by atoms with Crippen LogP contribution in [0.2, 0.25) is 0 Å². The Morgan fingerprint density at radius 3 is 2.37 bits per heavy atom. The van der Waals surface area contributed by atoms with Crippen LogP contribution in [0.25, 0.3) is 0 Å². The summed E-state index contributed by atoms with van der Waals surface area (Å²) >= 11 is 0. The van der Waals surface area contributed by atoms with Crippen LogP contribution in [0.3, 0.4) is 0 Å². The number of ether oxygens (including phenoxy) is 2. The third-order valence-electron chi connectivity index (χ3n) is 3.38. The summed E-state index contributed by atoms with van der Waals surface area (Å²) in [4.78, 5) is 11.4. The van der Waals surface area contributed by atoms with E-state index in [-0.39, 0.29) is 18.2 Å². The van der Waals surface area contributed by atoms with Crippen molar-refractivity contribution in [1.29, 1.82) is 0 Å². The van der Waals surface area contributed by atoms with Crippen LogP contribution in [-0.2, 0) is 14.3 Å². The van der Waals surface area contributed by atoms with E-state index in [1.54, 1.807) is 0 Å². The Bertz CT molecular complexity index is 323. The van der Waals surface area contributed by atoms with Gasteiger partial charge in [-0.15, -0.1) is 0 Å². The highest BCUT2D eigenvalue weighted by molar-refractivity contribution is 5.69. The summed E-state index contributed by atoms with van der Waals surface area (Å²) in [6, 6.07) is 0. The average Bonchev–Trinajstić information content (AvgIpc) is 2.35. The van der Waals surface area contributed by atoms with Crippen molar-refractivity contribution in [3.05, 3.63) is 0 Å². The van der Waals surface area contributed by atoms with Crippen LogP contribution >= 0.6 is 0 Å².